The molecule has 2 unspecified atom stereocenters. The van der Waals surface area contributed by atoms with Gasteiger partial charge in [-0.3, -0.25) is 9.59 Å². The normalized spacial score (nSPS) is 54.8. The molecule has 42 heteroatoms. The Bertz CT molecular complexity index is 3420. The Morgan fingerprint density at radius 2 is 0.940 bits per heavy atom. The molecule has 0 amide bonds. The number of aliphatic hydroxyl groups is 23. The van der Waals surface area contributed by atoms with E-state index < -0.39 is 348 Å². The monoisotopic (exact) mass is 1680 g/mol. The van der Waals surface area contributed by atoms with Gasteiger partial charge in [0.15, 0.2) is 50.1 Å². The van der Waals surface area contributed by atoms with Gasteiger partial charge in [0, 0.05) is 0 Å². The maximum absolute atomic E-state index is 15.9. The van der Waals surface area contributed by atoms with Crippen molar-refractivity contribution in [2.45, 2.75) is 326 Å². The Kier molecular flexibility index (Phi) is 26.6. The first-order valence-electron chi connectivity index (χ1n) is 39.6. The van der Waals surface area contributed by atoms with E-state index in [1.54, 1.807) is 0 Å². The summed E-state index contributed by atoms with van der Waals surface area (Å²) in [6.45, 7) is 5.32. The number of rotatable bonds is 22. The van der Waals surface area contributed by atoms with Gasteiger partial charge in [-0.2, -0.15) is 0 Å². The predicted molar refractivity (Wildman–Crippen MR) is 373 cm³/mol. The van der Waals surface area contributed by atoms with Crippen molar-refractivity contribution in [2.75, 3.05) is 59.5 Å². The van der Waals surface area contributed by atoms with Gasteiger partial charge in [0.1, 0.15) is 157 Å². The zero-order chi connectivity index (χ0) is 84.7. The van der Waals surface area contributed by atoms with Crippen LogP contribution in [0.4, 0.5) is 0 Å². The van der Waals surface area contributed by atoms with Gasteiger partial charge in [-0.25, -0.2) is 0 Å². The second-order valence-electron chi connectivity index (χ2n) is 36.0. The lowest BCUT2D eigenvalue weighted by Crippen LogP contribution is -2.71. The van der Waals surface area contributed by atoms with E-state index in [9.17, 15) is 127 Å². The molecule has 13 aliphatic rings. The van der Waals surface area contributed by atoms with Gasteiger partial charge in [-0.05, 0) is 105 Å². The molecule has 0 aromatic rings. The summed E-state index contributed by atoms with van der Waals surface area (Å²) in [6, 6.07) is 0. The van der Waals surface area contributed by atoms with Gasteiger partial charge < -0.3 is 198 Å². The van der Waals surface area contributed by atoms with Crippen LogP contribution in [0.15, 0.2) is 11.6 Å². The molecule has 5 aliphatic carbocycles. The second-order valence-corrected chi connectivity index (χ2v) is 36.0. The largest absolute Gasteiger partial charge is 0.481 e. The van der Waals surface area contributed by atoms with Crippen LogP contribution in [0.2, 0.25) is 0 Å². The van der Waals surface area contributed by atoms with Gasteiger partial charge in [-0.15, -0.1) is 0 Å². The third kappa shape index (κ3) is 15.3. The molecule has 12 fully saturated rings. The highest BCUT2D eigenvalue weighted by atomic mass is 16.8. The maximum atomic E-state index is 15.9. The summed E-state index contributed by atoms with van der Waals surface area (Å²) in [5, 5.41) is 268. The summed E-state index contributed by atoms with van der Waals surface area (Å²) in [4.78, 5) is 30.4. The number of hydrogen-bond acceptors (Lipinski definition) is 41. The number of ether oxygens (including phenoxy) is 16. The van der Waals surface area contributed by atoms with Gasteiger partial charge in [0.25, 0.3) is 0 Å². The van der Waals surface area contributed by atoms with E-state index in [0.29, 0.717) is 12.8 Å². The summed E-state index contributed by atoms with van der Waals surface area (Å²) in [7, 11) is 0. The smallest absolute Gasteiger partial charge is 0.317 e. The number of aliphatic carboxylic acids is 1. The van der Waals surface area contributed by atoms with Crippen LogP contribution in [0, 0.1) is 50.2 Å². The quantitative estimate of drug-likeness (QED) is 0.0272. The molecule has 4 saturated carbocycles. The molecule has 8 heterocycles. The number of aliphatic hydroxyl groups excluding tert-OH is 21. The van der Waals surface area contributed by atoms with Crippen LogP contribution in [-0.4, -0.2) is 420 Å². The number of carbonyl (C=O) groups excluding carboxylic acids is 1. The van der Waals surface area contributed by atoms with Crippen molar-refractivity contribution >= 4 is 11.9 Å². The van der Waals surface area contributed by atoms with Crippen molar-refractivity contribution in [3.05, 3.63) is 11.6 Å². The first kappa shape index (κ1) is 90.9. The average molecular weight is 1680 g/mol. The van der Waals surface area contributed by atoms with Gasteiger partial charge in [0.2, 0.25) is 6.29 Å². The number of carboxylic acid groups (broad SMARTS) is 1. The highest BCUT2D eigenvalue weighted by Gasteiger charge is 2.75. The number of carbonyl (C=O) groups is 2. The van der Waals surface area contributed by atoms with E-state index in [1.807, 2.05) is 40.7 Å². The van der Waals surface area contributed by atoms with Gasteiger partial charge >= 0.3 is 11.9 Å². The second kappa shape index (κ2) is 33.9. The summed E-state index contributed by atoms with van der Waals surface area (Å²) in [5.74, 6) is -4.63. The molecule has 8 saturated heterocycles. The Balaban J connectivity index is 0.750. The summed E-state index contributed by atoms with van der Waals surface area (Å²) in [5.41, 5.74) is -11.0. The fourth-order valence-electron chi connectivity index (χ4n) is 21.4. The molecule has 24 N–H and O–H groups in total. The van der Waals surface area contributed by atoms with Gasteiger partial charge in [0.05, 0.1) is 83.2 Å². The van der Waals surface area contributed by atoms with Crippen LogP contribution in [-0.2, 0) is 85.4 Å². The molecule has 13 rings (SSSR count). The Hall–Kier alpha value is -2.84. The molecule has 0 bridgehead atoms. The molecular formula is C74H118O42. The van der Waals surface area contributed by atoms with Crippen LogP contribution < -0.4 is 0 Å². The Morgan fingerprint density at radius 3 is 1.49 bits per heavy atom. The highest BCUT2D eigenvalue weighted by Crippen LogP contribution is 2.76. The zero-order valence-electron chi connectivity index (χ0n) is 65.1. The molecule has 42 nitrogen and oxygen atoms in total. The van der Waals surface area contributed by atoms with E-state index in [-0.39, 0.29) is 38.5 Å². The fraction of sp³-hybridized carbons (Fsp3) is 0.946. The molecule has 666 valence electrons. The minimum atomic E-state index is -2.29. The van der Waals surface area contributed by atoms with Crippen molar-refractivity contribution in [1.82, 2.24) is 0 Å². The number of hydrogen-bond donors (Lipinski definition) is 24. The van der Waals surface area contributed by atoms with E-state index in [0.717, 1.165) is 5.57 Å². The first-order chi connectivity index (χ1) is 54.4. The van der Waals surface area contributed by atoms with Crippen molar-refractivity contribution in [1.29, 1.82) is 0 Å². The number of fused-ring (bicyclic) bond motifs is 7. The fourth-order valence-corrected chi connectivity index (χ4v) is 21.4. The summed E-state index contributed by atoms with van der Waals surface area (Å²) in [6.07, 6.45) is -62.5. The van der Waals surface area contributed by atoms with Crippen LogP contribution in [0.3, 0.4) is 0 Å². The summed E-state index contributed by atoms with van der Waals surface area (Å²) >= 11 is 0. The van der Waals surface area contributed by atoms with E-state index in [4.69, 9.17) is 75.8 Å². The molecule has 8 aliphatic heterocycles. The SMILES string of the molecule is C[C@@H]1O[C@@H](O[C@H]2[C@H](OC(=O)[C@]34CCC(C)(C)C[C@H]3C3=CCC5[C@@]6(C)C[C@@H](O)[C@H](O[C@@H]7O[C@H](CO)[C@@H](O)[C@H](O)[C@H]7O[C@@H]7O[C@H](CO)[C@@H](O)[C@H](O)[C@H]7O[C@@H]7O[C@H](CO)[C@@H](O)[C@H](O)[C@H]7O)[C@@](C)(C(=O)O)C6CC[C@@]5(C)[C@]3(C)C[C@H]4O)OC[C@H](O)[C@@H]2O)[C@H](O)[C@H](O[C@@H]2OC[C@](O)(CO)[C@H]2O)[C@H]1O[C@@H]1OC[C@@H](O)[C@H](O[C@@H]2OC[C@](O)(CO)[C@H]2O)[C@H]1O. The van der Waals surface area contributed by atoms with Gasteiger partial charge in [-0.1, -0.05) is 46.3 Å². The van der Waals surface area contributed by atoms with E-state index in [2.05, 4.69) is 0 Å². The third-order valence-corrected chi connectivity index (χ3v) is 28.6. The van der Waals surface area contributed by atoms with E-state index in [1.165, 1.54) is 13.8 Å². The number of allylic oxidation sites excluding steroid dienone is 2. The molecule has 0 spiro atoms. The third-order valence-electron chi connectivity index (χ3n) is 28.6. The minimum absolute atomic E-state index is 0.0353. The first-order valence-corrected chi connectivity index (χ1v) is 39.6. The van der Waals surface area contributed by atoms with Crippen LogP contribution in [0.25, 0.3) is 0 Å². The van der Waals surface area contributed by atoms with Crippen molar-refractivity contribution < 1.29 is 208 Å². The Labute approximate surface area is 665 Å². The molecule has 116 heavy (non-hydrogen) atoms. The van der Waals surface area contributed by atoms with Crippen LogP contribution >= 0.6 is 0 Å². The van der Waals surface area contributed by atoms with Crippen molar-refractivity contribution in [2.24, 2.45) is 50.2 Å². The topological polar surface area (TPSA) is 667 Å². The lowest BCUT2D eigenvalue weighted by molar-refractivity contribution is -0.400. The van der Waals surface area contributed by atoms with Crippen LogP contribution in [0.1, 0.15) is 99.8 Å². The van der Waals surface area contributed by atoms with Crippen molar-refractivity contribution in [3.63, 3.8) is 0 Å². The minimum Gasteiger partial charge on any atom is -0.481 e. The standard InChI is InChI=1S/C74H118O42/c1-26-48(109-57-46(92)49(31(82)21-101-57)110-63-54(94)72(99,22-78)24-103-63)50(111-64-55(95)73(100,23-79)25-104-64)47(93)59(105-26)112-51-38(84)30(81)20-102-60(51)116-66(98)74-13-12-67(2,3)14-28(74)27-8-9-35-68(4)15-29(80)56(71(7,65(96)97)36(68)10-11-69(35,5)70(27,6)16-37(74)83)115-62-53(44(90)41(87)34(19-77)108-62)114-61-52(43(89)40(86)33(18-76)107-61)113-58-45(91)42(88)39(85)32(17-75)106-58/h8,26,28-64,75-95,99-100H,9-25H2,1-7H3,(H,96,97)/t26-,28-,29+,30-,31+,32+,33+,34+,35?,36?,37+,38-,39+,40+,41+,42-,43-,44-,45+,46+,47+,48-,49-,50-,51+,52+,53+,54-,55-,56-,57-,58-,59-,60-,61-,62-,63-,64-,68+,69+,70+,71-,72+,73+,74+/m0/s1. The molecule has 45 atom stereocenters. The van der Waals surface area contributed by atoms with Crippen molar-refractivity contribution in [3.8, 4) is 0 Å². The molecule has 0 aromatic heterocycles. The molecule has 0 radical (unpaired) electrons. The highest BCUT2D eigenvalue weighted by molar-refractivity contribution is 5.80. The van der Waals surface area contributed by atoms with E-state index >= 15 is 4.79 Å². The number of esters is 1. The lowest BCUT2D eigenvalue weighted by Gasteiger charge is -2.71. The average Bonchev–Trinajstić information content (AvgIpc) is 0.731. The molecule has 0 aromatic carbocycles. The zero-order valence-corrected chi connectivity index (χ0v) is 65.1. The van der Waals surface area contributed by atoms with Crippen LogP contribution in [0.5, 0.6) is 0 Å². The Morgan fingerprint density at radius 1 is 0.457 bits per heavy atom. The summed E-state index contributed by atoms with van der Waals surface area (Å²) < 4.78 is 95.6. The lowest BCUT2D eigenvalue weighted by atomic mass is 9.33. The maximum Gasteiger partial charge on any atom is 0.317 e. The number of carboxylic acids is 1. The molecular weight excluding hydrogens is 1560 g/mol. The predicted octanol–water partition coefficient (Wildman–Crippen LogP) is -10.1.